The minimum absolute atomic E-state index is 0.0447. The molecule has 144 valence electrons. The third-order valence-corrected chi connectivity index (χ3v) is 4.92. The van der Waals surface area contributed by atoms with E-state index in [1.165, 1.54) is 24.9 Å². The number of nitrogens with zero attached hydrogens (tertiary/aromatic N) is 1. The second kappa shape index (κ2) is 9.86. The first-order chi connectivity index (χ1) is 13.2. The van der Waals surface area contributed by atoms with Crippen molar-refractivity contribution in [2.75, 3.05) is 37.0 Å². The van der Waals surface area contributed by atoms with Crippen LogP contribution in [0.15, 0.2) is 48.5 Å². The summed E-state index contributed by atoms with van der Waals surface area (Å²) in [7, 11) is 1.64. The van der Waals surface area contributed by atoms with Crippen molar-refractivity contribution in [2.24, 2.45) is 0 Å². The maximum atomic E-state index is 12.0. The second-order valence-corrected chi connectivity index (χ2v) is 6.90. The minimum Gasteiger partial charge on any atom is -0.497 e. The number of ether oxygens (including phenoxy) is 1. The van der Waals surface area contributed by atoms with Crippen molar-refractivity contribution >= 4 is 17.3 Å². The van der Waals surface area contributed by atoms with E-state index in [0.29, 0.717) is 19.5 Å². The Morgan fingerprint density at radius 1 is 1.00 bits per heavy atom. The molecule has 1 aliphatic rings. The smallest absolute Gasteiger partial charge is 0.222 e. The van der Waals surface area contributed by atoms with Gasteiger partial charge in [-0.05, 0) is 61.2 Å². The Kier molecular flexibility index (Phi) is 6.97. The van der Waals surface area contributed by atoms with Gasteiger partial charge in [0.25, 0.3) is 0 Å². The lowest BCUT2D eigenvalue weighted by molar-refractivity contribution is -0.121. The number of hydrogen-bond donors (Lipinski definition) is 2. The zero-order valence-electron chi connectivity index (χ0n) is 16.0. The normalized spacial score (nSPS) is 13.9. The molecule has 0 radical (unpaired) electrons. The van der Waals surface area contributed by atoms with Crippen LogP contribution in [0, 0.1) is 0 Å². The lowest BCUT2D eigenvalue weighted by Crippen LogP contribution is -2.29. The van der Waals surface area contributed by atoms with Gasteiger partial charge in [0.05, 0.1) is 7.11 Å². The van der Waals surface area contributed by atoms with Crippen molar-refractivity contribution in [3.63, 3.8) is 0 Å². The molecule has 2 aromatic rings. The molecule has 0 aliphatic carbocycles. The van der Waals surface area contributed by atoms with E-state index in [-0.39, 0.29) is 5.91 Å². The monoisotopic (exact) mass is 367 g/mol. The molecule has 1 saturated heterocycles. The lowest BCUT2D eigenvalue weighted by atomic mass is 10.1. The van der Waals surface area contributed by atoms with Crippen LogP contribution in [0.3, 0.4) is 0 Å². The first kappa shape index (κ1) is 19.1. The number of hydrogen-bond acceptors (Lipinski definition) is 4. The summed E-state index contributed by atoms with van der Waals surface area (Å²) in [5, 5.41) is 6.27. The quantitative estimate of drug-likeness (QED) is 0.745. The van der Waals surface area contributed by atoms with Crippen LogP contribution in [-0.2, 0) is 11.3 Å². The van der Waals surface area contributed by atoms with Crippen molar-refractivity contribution in [1.29, 1.82) is 0 Å². The number of methoxy groups -OCH3 is 1. The van der Waals surface area contributed by atoms with E-state index in [1.807, 2.05) is 24.3 Å². The van der Waals surface area contributed by atoms with Gasteiger partial charge in [-0.15, -0.1) is 0 Å². The van der Waals surface area contributed by atoms with Crippen molar-refractivity contribution in [1.82, 2.24) is 5.32 Å². The van der Waals surface area contributed by atoms with Crippen LogP contribution in [-0.4, -0.2) is 32.7 Å². The standard InChI is InChI=1S/C22H29N3O2/c1-27-21-11-5-18(6-12-21)17-24-22(26)13-14-23-19-7-9-20(10-8-19)25-15-3-2-4-16-25/h5-12,23H,2-4,13-17H2,1H3,(H,24,26). The van der Waals surface area contributed by atoms with Gasteiger partial charge in [0.2, 0.25) is 5.91 Å². The molecule has 0 bridgehead atoms. The highest BCUT2D eigenvalue weighted by atomic mass is 16.5. The number of piperidine rings is 1. The van der Waals surface area contributed by atoms with Crippen molar-refractivity contribution < 1.29 is 9.53 Å². The number of amides is 1. The highest BCUT2D eigenvalue weighted by Gasteiger charge is 2.10. The summed E-state index contributed by atoms with van der Waals surface area (Å²) in [5.41, 5.74) is 3.40. The summed E-state index contributed by atoms with van der Waals surface area (Å²) >= 11 is 0. The maximum Gasteiger partial charge on any atom is 0.222 e. The first-order valence-electron chi connectivity index (χ1n) is 9.73. The van der Waals surface area contributed by atoms with Gasteiger partial charge in [0.1, 0.15) is 5.75 Å². The van der Waals surface area contributed by atoms with Crippen LogP contribution in [0.1, 0.15) is 31.2 Å². The van der Waals surface area contributed by atoms with Crippen molar-refractivity contribution in [2.45, 2.75) is 32.2 Å². The molecule has 0 saturated carbocycles. The fourth-order valence-corrected chi connectivity index (χ4v) is 3.29. The van der Waals surface area contributed by atoms with E-state index in [0.717, 1.165) is 30.1 Å². The van der Waals surface area contributed by atoms with Crippen LogP contribution in [0.5, 0.6) is 5.75 Å². The van der Waals surface area contributed by atoms with Crippen LogP contribution in [0.2, 0.25) is 0 Å². The number of nitrogens with one attached hydrogen (secondary N) is 2. The van der Waals surface area contributed by atoms with Crippen LogP contribution < -0.4 is 20.3 Å². The lowest BCUT2D eigenvalue weighted by Gasteiger charge is -2.28. The third-order valence-electron chi connectivity index (χ3n) is 4.92. The maximum absolute atomic E-state index is 12.0. The Labute approximate surface area is 161 Å². The van der Waals surface area contributed by atoms with Gasteiger partial charge in [-0.2, -0.15) is 0 Å². The highest BCUT2D eigenvalue weighted by Crippen LogP contribution is 2.21. The molecule has 2 N–H and O–H groups in total. The third kappa shape index (κ3) is 5.91. The Hall–Kier alpha value is -2.69. The summed E-state index contributed by atoms with van der Waals surface area (Å²) in [4.78, 5) is 14.5. The molecule has 27 heavy (non-hydrogen) atoms. The number of anilines is 2. The molecule has 5 heteroatoms. The number of carbonyl (C=O) groups excluding carboxylic acids is 1. The fraction of sp³-hybridized carbons (Fsp3) is 0.409. The summed E-state index contributed by atoms with van der Waals surface area (Å²) in [6.45, 7) is 3.47. The SMILES string of the molecule is COc1ccc(CNC(=O)CCNc2ccc(N3CCCCC3)cc2)cc1. The molecule has 5 nitrogen and oxygen atoms in total. The van der Waals surface area contributed by atoms with E-state index in [4.69, 9.17) is 4.74 Å². The predicted octanol–water partition coefficient (Wildman–Crippen LogP) is 3.80. The van der Waals surface area contributed by atoms with E-state index in [2.05, 4.69) is 39.8 Å². The summed E-state index contributed by atoms with van der Waals surface area (Å²) in [6.07, 6.45) is 4.36. The molecule has 2 aromatic carbocycles. The molecule has 3 rings (SSSR count). The zero-order valence-corrected chi connectivity index (χ0v) is 16.0. The Morgan fingerprint density at radius 3 is 2.37 bits per heavy atom. The molecule has 0 aromatic heterocycles. The van der Waals surface area contributed by atoms with E-state index in [1.54, 1.807) is 7.11 Å². The molecule has 1 heterocycles. The highest BCUT2D eigenvalue weighted by molar-refractivity contribution is 5.76. The van der Waals surface area contributed by atoms with Crippen LogP contribution >= 0.6 is 0 Å². The number of rotatable bonds is 8. The van der Waals surface area contributed by atoms with Crippen LogP contribution in [0.4, 0.5) is 11.4 Å². The number of carbonyl (C=O) groups is 1. The fourth-order valence-electron chi connectivity index (χ4n) is 3.29. The van der Waals surface area contributed by atoms with Crippen LogP contribution in [0.25, 0.3) is 0 Å². The number of benzene rings is 2. The van der Waals surface area contributed by atoms with Gasteiger partial charge in [0, 0.05) is 44.0 Å². The largest absolute Gasteiger partial charge is 0.497 e. The second-order valence-electron chi connectivity index (χ2n) is 6.90. The summed E-state index contributed by atoms with van der Waals surface area (Å²) in [5.74, 6) is 0.865. The predicted molar refractivity (Wildman–Crippen MR) is 110 cm³/mol. The molecule has 0 atom stereocenters. The molecule has 0 spiro atoms. The molecule has 1 aliphatic heterocycles. The summed E-state index contributed by atoms with van der Waals surface area (Å²) < 4.78 is 5.13. The van der Waals surface area contributed by atoms with Gasteiger partial charge in [0.15, 0.2) is 0 Å². The van der Waals surface area contributed by atoms with Gasteiger partial charge < -0.3 is 20.3 Å². The van der Waals surface area contributed by atoms with Crippen molar-refractivity contribution in [3.8, 4) is 5.75 Å². The van der Waals surface area contributed by atoms with E-state index < -0.39 is 0 Å². The summed E-state index contributed by atoms with van der Waals surface area (Å²) in [6, 6.07) is 16.2. The average Bonchev–Trinajstić information content (AvgIpc) is 2.74. The Morgan fingerprint density at radius 2 is 1.70 bits per heavy atom. The topological polar surface area (TPSA) is 53.6 Å². The Bertz CT molecular complexity index is 707. The molecular weight excluding hydrogens is 338 g/mol. The molecule has 1 amide bonds. The first-order valence-corrected chi connectivity index (χ1v) is 9.73. The Balaban J connectivity index is 1.36. The minimum atomic E-state index is 0.0447. The zero-order chi connectivity index (χ0) is 18.9. The van der Waals surface area contributed by atoms with Crippen molar-refractivity contribution in [3.05, 3.63) is 54.1 Å². The molecule has 0 unspecified atom stereocenters. The molecular formula is C22H29N3O2. The van der Waals surface area contributed by atoms with Gasteiger partial charge in [-0.25, -0.2) is 0 Å². The molecule has 1 fully saturated rings. The van der Waals surface area contributed by atoms with E-state index in [9.17, 15) is 4.79 Å². The van der Waals surface area contributed by atoms with Gasteiger partial charge in [-0.3, -0.25) is 4.79 Å². The van der Waals surface area contributed by atoms with Gasteiger partial charge in [-0.1, -0.05) is 12.1 Å². The average molecular weight is 367 g/mol. The van der Waals surface area contributed by atoms with E-state index >= 15 is 0 Å². The van der Waals surface area contributed by atoms with Gasteiger partial charge >= 0.3 is 0 Å².